The van der Waals surface area contributed by atoms with Crippen LogP contribution < -0.4 is 10.2 Å². The lowest BCUT2D eigenvalue weighted by Gasteiger charge is -2.16. The largest absolute Gasteiger partial charge is 0.507 e. The third-order valence-corrected chi connectivity index (χ3v) is 4.08. The topological polar surface area (TPSA) is 62.9 Å². The van der Waals surface area contributed by atoms with Gasteiger partial charge < -0.3 is 19.2 Å². The van der Waals surface area contributed by atoms with Gasteiger partial charge in [-0.15, -0.1) is 0 Å². The quantitative estimate of drug-likeness (QED) is 0.746. The first-order valence-corrected chi connectivity index (χ1v) is 8.28. The van der Waals surface area contributed by atoms with E-state index in [9.17, 15) is 14.3 Å². The molecule has 0 saturated carbocycles. The van der Waals surface area contributed by atoms with E-state index in [4.69, 9.17) is 9.15 Å². The van der Waals surface area contributed by atoms with E-state index in [1.54, 1.807) is 6.07 Å². The van der Waals surface area contributed by atoms with Gasteiger partial charge in [-0.3, -0.25) is 4.79 Å². The van der Waals surface area contributed by atoms with Crippen molar-refractivity contribution in [1.82, 2.24) is 4.90 Å². The molecule has 5 nitrogen and oxygen atoms in total. The second kappa shape index (κ2) is 7.17. The summed E-state index contributed by atoms with van der Waals surface area (Å²) in [5, 5.41) is 10.8. The zero-order valence-corrected chi connectivity index (χ0v) is 14.9. The lowest BCUT2D eigenvalue weighted by Crippen LogP contribution is -2.13. The number of rotatable bonds is 5. The summed E-state index contributed by atoms with van der Waals surface area (Å²) >= 11 is 0. The summed E-state index contributed by atoms with van der Waals surface area (Å²) in [7, 11) is 3.74. The fraction of sp³-hybridized carbons (Fsp3) is 0.250. The molecule has 0 amide bonds. The molecule has 0 fully saturated rings. The molecule has 136 valence electrons. The maximum Gasteiger partial charge on any atom is 0.235 e. The van der Waals surface area contributed by atoms with Gasteiger partial charge in [0, 0.05) is 6.54 Å². The molecule has 0 aliphatic carbocycles. The smallest absolute Gasteiger partial charge is 0.235 e. The van der Waals surface area contributed by atoms with Gasteiger partial charge in [-0.1, -0.05) is 6.92 Å². The Bertz CT molecular complexity index is 993. The molecule has 0 saturated heterocycles. The SMILES string of the molecule is CCc1cc2c(=O)c(Oc3ccc(F)cc3)coc2c(CN(C)C)c1O. The van der Waals surface area contributed by atoms with Crippen molar-refractivity contribution >= 4 is 11.0 Å². The monoisotopic (exact) mass is 357 g/mol. The molecule has 0 atom stereocenters. The summed E-state index contributed by atoms with van der Waals surface area (Å²) in [5.74, 6) is 0.0945. The summed E-state index contributed by atoms with van der Waals surface area (Å²) in [6.45, 7) is 2.33. The summed E-state index contributed by atoms with van der Waals surface area (Å²) in [5.41, 5.74) is 1.23. The number of ether oxygens (including phenoxy) is 1. The predicted octanol–water partition coefficient (Wildman–Crippen LogP) is 4.05. The van der Waals surface area contributed by atoms with E-state index in [1.165, 1.54) is 30.5 Å². The molecule has 0 spiro atoms. The molecule has 0 radical (unpaired) electrons. The van der Waals surface area contributed by atoms with E-state index in [-0.39, 0.29) is 22.7 Å². The van der Waals surface area contributed by atoms with E-state index in [0.717, 1.165) is 0 Å². The highest BCUT2D eigenvalue weighted by atomic mass is 19.1. The predicted molar refractivity (Wildman–Crippen MR) is 97.4 cm³/mol. The van der Waals surface area contributed by atoms with Crippen LogP contribution in [0.2, 0.25) is 0 Å². The van der Waals surface area contributed by atoms with Crippen LogP contribution in [0, 0.1) is 5.82 Å². The number of benzene rings is 2. The molecule has 2 aromatic carbocycles. The fourth-order valence-corrected chi connectivity index (χ4v) is 2.81. The van der Waals surface area contributed by atoms with Crippen molar-refractivity contribution in [3.05, 3.63) is 63.8 Å². The number of phenols is 1. The molecule has 0 aliphatic heterocycles. The number of nitrogens with zero attached hydrogens (tertiary/aromatic N) is 1. The molecule has 0 unspecified atom stereocenters. The highest BCUT2D eigenvalue weighted by Gasteiger charge is 2.19. The van der Waals surface area contributed by atoms with E-state index in [1.807, 2.05) is 25.9 Å². The number of aryl methyl sites for hydroxylation is 1. The normalized spacial score (nSPS) is 11.3. The number of hydrogen-bond donors (Lipinski definition) is 1. The minimum Gasteiger partial charge on any atom is -0.507 e. The van der Waals surface area contributed by atoms with Gasteiger partial charge in [0.25, 0.3) is 0 Å². The lowest BCUT2D eigenvalue weighted by molar-refractivity contribution is 0.381. The van der Waals surface area contributed by atoms with Crippen LogP contribution in [-0.4, -0.2) is 24.1 Å². The summed E-state index contributed by atoms with van der Waals surface area (Å²) in [4.78, 5) is 14.7. The Kier molecular flexibility index (Phi) is 4.95. The third-order valence-electron chi connectivity index (χ3n) is 4.08. The standard InChI is InChI=1S/C20H20FNO4/c1-4-12-9-15-19(24)17(26-14-7-5-13(21)6-8-14)11-25-20(15)16(18(12)23)10-22(2)3/h5-9,11,23H,4,10H2,1-3H3. The van der Waals surface area contributed by atoms with Gasteiger partial charge in [-0.25, -0.2) is 4.39 Å². The van der Waals surface area contributed by atoms with Crippen molar-refractivity contribution in [1.29, 1.82) is 0 Å². The lowest BCUT2D eigenvalue weighted by atomic mass is 10.0. The first kappa shape index (κ1) is 17.9. The van der Waals surface area contributed by atoms with Gasteiger partial charge in [0.15, 0.2) is 0 Å². The minimum absolute atomic E-state index is 0.00709. The molecular weight excluding hydrogens is 337 g/mol. The Morgan fingerprint density at radius 3 is 2.54 bits per heavy atom. The second-order valence-corrected chi connectivity index (χ2v) is 6.32. The number of phenolic OH excluding ortho intramolecular Hbond substituents is 1. The minimum atomic E-state index is -0.390. The Labute approximate surface area is 150 Å². The van der Waals surface area contributed by atoms with Crippen LogP contribution >= 0.6 is 0 Å². The Morgan fingerprint density at radius 1 is 1.23 bits per heavy atom. The van der Waals surface area contributed by atoms with Crippen LogP contribution in [0.15, 0.2) is 45.8 Å². The first-order chi connectivity index (χ1) is 12.4. The van der Waals surface area contributed by atoms with Gasteiger partial charge in [0.05, 0.1) is 10.9 Å². The van der Waals surface area contributed by atoms with Crippen LogP contribution in [0.1, 0.15) is 18.1 Å². The molecule has 3 rings (SSSR count). The zero-order chi connectivity index (χ0) is 18.8. The molecule has 1 heterocycles. The molecular formula is C20H20FNO4. The molecule has 6 heteroatoms. The summed E-state index contributed by atoms with van der Waals surface area (Å²) < 4.78 is 24.2. The van der Waals surface area contributed by atoms with Crippen molar-refractivity contribution in [2.45, 2.75) is 19.9 Å². The van der Waals surface area contributed by atoms with Gasteiger partial charge >= 0.3 is 0 Å². The molecule has 26 heavy (non-hydrogen) atoms. The molecule has 1 aromatic heterocycles. The van der Waals surface area contributed by atoms with Gasteiger partial charge in [0.2, 0.25) is 11.2 Å². The number of hydrogen-bond acceptors (Lipinski definition) is 5. The maximum absolute atomic E-state index is 13.0. The first-order valence-electron chi connectivity index (χ1n) is 8.28. The average Bonchev–Trinajstić information content (AvgIpc) is 2.61. The van der Waals surface area contributed by atoms with Crippen molar-refractivity contribution < 1.29 is 18.7 Å². The van der Waals surface area contributed by atoms with Gasteiger partial charge in [-0.05, 0) is 56.4 Å². The van der Waals surface area contributed by atoms with E-state index in [0.29, 0.717) is 40.8 Å². The zero-order valence-electron chi connectivity index (χ0n) is 14.9. The van der Waals surface area contributed by atoms with E-state index < -0.39 is 0 Å². The Balaban J connectivity index is 2.14. The third kappa shape index (κ3) is 3.41. The van der Waals surface area contributed by atoms with Crippen molar-refractivity contribution in [2.24, 2.45) is 0 Å². The average molecular weight is 357 g/mol. The second-order valence-electron chi connectivity index (χ2n) is 6.32. The molecule has 0 aliphatic rings. The Morgan fingerprint density at radius 2 is 1.92 bits per heavy atom. The fourth-order valence-electron chi connectivity index (χ4n) is 2.81. The van der Waals surface area contributed by atoms with E-state index in [2.05, 4.69) is 0 Å². The van der Waals surface area contributed by atoms with Crippen LogP contribution in [0.4, 0.5) is 4.39 Å². The number of aromatic hydroxyl groups is 1. The van der Waals surface area contributed by atoms with Crippen molar-refractivity contribution in [2.75, 3.05) is 14.1 Å². The molecule has 0 bridgehead atoms. The summed E-state index contributed by atoms with van der Waals surface area (Å²) in [6, 6.07) is 7.00. The van der Waals surface area contributed by atoms with Crippen LogP contribution in [0.3, 0.4) is 0 Å². The van der Waals surface area contributed by atoms with Crippen LogP contribution in [-0.2, 0) is 13.0 Å². The van der Waals surface area contributed by atoms with Gasteiger partial charge in [0.1, 0.15) is 29.2 Å². The highest BCUT2D eigenvalue weighted by molar-refractivity contribution is 5.84. The van der Waals surface area contributed by atoms with E-state index >= 15 is 0 Å². The molecule has 3 aromatic rings. The number of halogens is 1. The maximum atomic E-state index is 13.0. The van der Waals surface area contributed by atoms with Crippen molar-refractivity contribution in [3.63, 3.8) is 0 Å². The van der Waals surface area contributed by atoms with Crippen LogP contribution in [0.25, 0.3) is 11.0 Å². The summed E-state index contributed by atoms with van der Waals surface area (Å²) in [6.07, 6.45) is 1.79. The van der Waals surface area contributed by atoms with Crippen molar-refractivity contribution in [3.8, 4) is 17.2 Å². The highest BCUT2D eigenvalue weighted by Crippen LogP contribution is 2.33. The molecule has 1 N–H and O–H groups in total. The van der Waals surface area contributed by atoms with Gasteiger partial charge in [-0.2, -0.15) is 0 Å². The van der Waals surface area contributed by atoms with Crippen LogP contribution in [0.5, 0.6) is 17.2 Å². The number of fused-ring (bicyclic) bond motifs is 1. The Hall–Kier alpha value is -2.86.